The zero-order valence-electron chi connectivity index (χ0n) is 10.1. The molecule has 8 heteroatoms. The lowest BCUT2D eigenvalue weighted by atomic mass is 10.3. The number of nitrogens with one attached hydrogen (secondary N) is 2. The first-order valence-electron chi connectivity index (χ1n) is 6.06. The Bertz CT molecular complexity index is 340. The van der Waals surface area contributed by atoms with Crippen molar-refractivity contribution in [1.29, 1.82) is 0 Å². The van der Waals surface area contributed by atoms with Crippen molar-refractivity contribution in [3.8, 4) is 0 Å². The van der Waals surface area contributed by atoms with Gasteiger partial charge in [-0.25, -0.2) is 13.1 Å². The zero-order chi connectivity index (χ0) is 13.6. The summed E-state index contributed by atoms with van der Waals surface area (Å²) in [5.74, 6) is -0.114. The van der Waals surface area contributed by atoms with Crippen LogP contribution < -0.4 is 10.0 Å². The van der Waals surface area contributed by atoms with E-state index in [0.717, 1.165) is 13.0 Å². The number of sulfonamides is 1. The quantitative estimate of drug-likeness (QED) is 0.630. The lowest BCUT2D eigenvalue weighted by Gasteiger charge is -2.08. The predicted octanol–water partition coefficient (Wildman–Crippen LogP) is 1.39. The first-order chi connectivity index (χ1) is 8.29. The molecule has 0 aromatic heterocycles. The van der Waals surface area contributed by atoms with E-state index in [1.165, 1.54) is 12.8 Å². The summed E-state index contributed by atoms with van der Waals surface area (Å²) in [6.07, 6.45) is -1.92. The van der Waals surface area contributed by atoms with E-state index < -0.39 is 29.2 Å². The predicted molar refractivity (Wildman–Crippen MR) is 62.7 cm³/mol. The van der Waals surface area contributed by atoms with E-state index in [0.29, 0.717) is 12.5 Å². The van der Waals surface area contributed by atoms with Crippen LogP contribution in [0.4, 0.5) is 13.2 Å². The summed E-state index contributed by atoms with van der Waals surface area (Å²) in [5.41, 5.74) is 0. The molecule has 0 bridgehead atoms. The van der Waals surface area contributed by atoms with Crippen LogP contribution in [-0.4, -0.2) is 39.5 Å². The van der Waals surface area contributed by atoms with E-state index in [1.54, 1.807) is 0 Å². The van der Waals surface area contributed by atoms with Gasteiger partial charge in [-0.15, -0.1) is 0 Å². The summed E-state index contributed by atoms with van der Waals surface area (Å²) in [6, 6.07) is 0.589. The molecule has 0 atom stereocenters. The van der Waals surface area contributed by atoms with Crippen molar-refractivity contribution in [2.75, 3.05) is 18.8 Å². The molecule has 0 saturated heterocycles. The summed E-state index contributed by atoms with van der Waals surface area (Å²) in [4.78, 5) is 0. The van der Waals surface area contributed by atoms with Gasteiger partial charge < -0.3 is 5.32 Å². The van der Waals surface area contributed by atoms with Crippen LogP contribution in [0.3, 0.4) is 0 Å². The van der Waals surface area contributed by atoms with Gasteiger partial charge in [-0.1, -0.05) is 0 Å². The van der Waals surface area contributed by atoms with Crippen LogP contribution >= 0.6 is 0 Å². The van der Waals surface area contributed by atoms with Crippen LogP contribution in [0, 0.1) is 0 Å². The summed E-state index contributed by atoms with van der Waals surface area (Å²) < 4.78 is 60.1. The third-order valence-electron chi connectivity index (χ3n) is 2.58. The van der Waals surface area contributed by atoms with Crippen LogP contribution in [-0.2, 0) is 10.0 Å². The van der Waals surface area contributed by atoms with Gasteiger partial charge in [0.15, 0.2) is 0 Å². The molecule has 2 N–H and O–H groups in total. The Morgan fingerprint density at radius 3 is 2.33 bits per heavy atom. The number of unbranched alkanes of at least 4 members (excludes halogenated alkanes) is 1. The molecule has 1 saturated carbocycles. The molecule has 0 aromatic carbocycles. The standard InChI is InChI=1S/C10H19F3N2O2S/c11-10(12,13)5-7-15-18(16,17)8-2-1-6-14-9-3-4-9/h9,14-15H,1-8H2. The maximum Gasteiger partial charge on any atom is 0.390 e. The van der Waals surface area contributed by atoms with Gasteiger partial charge in [0, 0.05) is 12.6 Å². The van der Waals surface area contributed by atoms with Crippen LogP contribution in [0.15, 0.2) is 0 Å². The molecule has 0 heterocycles. The van der Waals surface area contributed by atoms with E-state index in [9.17, 15) is 21.6 Å². The molecule has 0 amide bonds. The minimum atomic E-state index is -4.32. The summed E-state index contributed by atoms with van der Waals surface area (Å²) in [6.45, 7) is 0.189. The van der Waals surface area contributed by atoms with E-state index in [-0.39, 0.29) is 5.75 Å². The highest BCUT2D eigenvalue weighted by molar-refractivity contribution is 7.89. The first-order valence-corrected chi connectivity index (χ1v) is 7.71. The van der Waals surface area contributed by atoms with Gasteiger partial charge in [-0.2, -0.15) is 13.2 Å². The Morgan fingerprint density at radius 1 is 1.11 bits per heavy atom. The summed E-state index contributed by atoms with van der Waals surface area (Å²) in [5, 5.41) is 3.24. The lowest BCUT2D eigenvalue weighted by molar-refractivity contribution is -0.132. The van der Waals surface area contributed by atoms with Crippen molar-refractivity contribution >= 4 is 10.0 Å². The Balaban J connectivity index is 2.03. The molecule has 1 fully saturated rings. The topological polar surface area (TPSA) is 58.2 Å². The largest absolute Gasteiger partial charge is 0.390 e. The van der Waals surface area contributed by atoms with E-state index in [4.69, 9.17) is 0 Å². The molecule has 1 aliphatic rings. The monoisotopic (exact) mass is 288 g/mol. The lowest BCUT2D eigenvalue weighted by Crippen LogP contribution is -2.30. The fraction of sp³-hybridized carbons (Fsp3) is 1.00. The second-order valence-corrected chi connectivity index (χ2v) is 6.44. The molecule has 18 heavy (non-hydrogen) atoms. The molecule has 0 spiro atoms. The van der Waals surface area contributed by atoms with Crippen molar-refractivity contribution in [1.82, 2.24) is 10.0 Å². The van der Waals surface area contributed by atoms with Crippen molar-refractivity contribution in [3.63, 3.8) is 0 Å². The van der Waals surface area contributed by atoms with Gasteiger partial charge >= 0.3 is 6.18 Å². The smallest absolute Gasteiger partial charge is 0.314 e. The average Bonchev–Trinajstić information content (AvgIpc) is 2.98. The highest BCUT2D eigenvalue weighted by Gasteiger charge is 2.27. The number of alkyl halides is 3. The minimum Gasteiger partial charge on any atom is -0.314 e. The number of hydrogen-bond donors (Lipinski definition) is 2. The Morgan fingerprint density at radius 2 is 1.78 bits per heavy atom. The zero-order valence-corrected chi connectivity index (χ0v) is 10.9. The molecule has 0 aromatic rings. The molecule has 0 radical (unpaired) electrons. The van der Waals surface area contributed by atoms with Gasteiger partial charge in [-0.05, 0) is 32.2 Å². The molecular weight excluding hydrogens is 269 g/mol. The third-order valence-corrected chi connectivity index (χ3v) is 4.05. The van der Waals surface area contributed by atoms with Crippen molar-refractivity contribution in [2.45, 2.75) is 44.3 Å². The molecule has 1 rings (SSSR count). The van der Waals surface area contributed by atoms with Gasteiger partial charge in [0.2, 0.25) is 10.0 Å². The Kier molecular flexibility index (Phi) is 5.87. The number of hydrogen-bond acceptors (Lipinski definition) is 3. The molecule has 4 nitrogen and oxygen atoms in total. The van der Waals surface area contributed by atoms with Crippen molar-refractivity contribution in [3.05, 3.63) is 0 Å². The van der Waals surface area contributed by atoms with Crippen LogP contribution in [0.25, 0.3) is 0 Å². The normalized spacial score (nSPS) is 17.1. The van der Waals surface area contributed by atoms with E-state index >= 15 is 0 Å². The molecule has 0 unspecified atom stereocenters. The summed E-state index contributed by atoms with van der Waals surface area (Å²) in [7, 11) is -3.57. The Labute approximate surface area is 105 Å². The Hall–Kier alpha value is -0.340. The highest BCUT2D eigenvalue weighted by Crippen LogP contribution is 2.19. The fourth-order valence-electron chi connectivity index (χ4n) is 1.43. The second-order valence-electron chi connectivity index (χ2n) is 4.51. The molecule has 108 valence electrons. The second kappa shape index (κ2) is 6.72. The van der Waals surface area contributed by atoms with Gasteiger partial charge in [-0.3, -0.25) is 0 Å². The maximum absolute atomic E-state index is 11.8. The summed E-state index contributed by atoms with van der Waals surface area (Å²) >= 11 is 0. The highest BCUT2D eigenvalue weighted by atomic mass is 32.2. The van der Waals surface area contributed by atoms with Crippen LogP contribution in [0.2, 0.25) is 0 Å². The molecule has 0 aliphatic heterocycles. The number of halogens is 3. The van der Waals surface area contributed by atoms with Crippen LogP contribution in [0.1, 0.15) is 32.1 Å². The van der Waals surface area contributed by atoms with Gasteiger partial charge in [0.1, 0.15) is 0 Å². The fourth-order valence-corrected chi connectivity index (χ4v) is 2.57. The number of rotatable bonds is 9. The molecular formula is C10H19F3N2O2S. The maximum atomic E-state index is 11.8. The first kappa shape index (κ1) is 15.7. The third kappa shape index (κ3) is 8.71. The average molecular weight is 288 g/mol. The van der Waals surface area contributed by atoms with Crippen LogP contribution in [0.5, 0.6) is 0 Å². The van der Waals surface area contributed by atoms with Gasteiger partial charge in [0.25, 0.3) is 0 Å². The van der Waals surface area contributed by atoms with Crippen molar-refractivity contribution < 1.29 is 21.6 Å². The van der Waals surface area contributed by atoms with E-state index in [2.05, 4.69) is 5.32 Å². The minimum absolute atomic E-state index is 0.114. The molecule has 1 aliphatic carbocycles. The van der Waals surface area contributed by atoms with Crippen molar-refractivity contribution in [2.24, 2.45) is 0 Å². The van der Waals surface area contributed by atoms with Gasteiger partial charge in [0.05, 0.1) is 12.2 Å². The van der Waals surface area contributed by atoms with E-state index in [1.807, 2.05) is 4.72 Å². The SMILES string of the molecule is O=S(=O)(CCCCNC1CC1)NCCC(F)(F)F.